The minimum Gasteiger partial charge on any atom is -0.479 e. The van der Waals surface area contributed by atoms with Gasteiger partial charge in [0.05, 0.1) is 0 Å². The minimum absolute atomic E-state index is 0.0968. The first kappa shape index (κ1) is 13.3. The van der Waals surface area contributed by atoms with Crippen LogP contribution in [0.15, 0.2) is 24.3 Å². The highest BCUT2D eigenvalue weighted by molar-refractivity contribution is 5.79. The van der Waals surface area contributed by atoms with Gasteiger partial charge in [-0.3, -0.25) is 4.79 Å². The zero-order valence-electron chi connectivity index (χ0n) is 9.33. The van der Waals surface area contributed by atoms with Crippen molar-refractivity contribution in [2.75, 3.05) is 0 Å². The van der Waals surface area contributed by atoms with Gasteiger partial charge in [-0.05, 0) is 18.1 Å². The van der Waals surface area contributed by atoms with Crippen molar-refractivity contribution in [2.45, 2.75) is 25.6 Å². The molecule has 0 aromatic heterocycles. The summed E-state index contributed by atoms with van der Waals surface area (Å²) in [6.45, 7) is 1.40. The van der Waals surface area contributed by atoms with Gasteiger partial charge in [0.15, 0.2) is 6.10 Å². The molecule has 1 aromatic carbocycles. The molecule has 0 fully saturated rings. The number of carbonyl (C=O) groups excluding carboxylic acids is 1. The highest BCUT2D eigenvalue weighted by atomic mass is 16.4. The molecule has 0 bridgehead atoms. The van der Waals surface area contributed by atoms with Crippen molar-refractivity contribution in [3.8, 4) is 0 Å². The van der Waals surface area contributed by atoms with E-state index in [1.54, 1.807) is 18.2 Å². The van der Waals surface area contributed by atoms with Gasteiger partial charge in [0.1, 0.15) is 11.9 Å². The predicted octanol–water partition coefficient (Wildman–Crippen LogP) is 0.297. The van der Waals surface area contributed by atoms with E-state index in [4.69, 9.17) is 5.11 Å². The molecule has 0 amide bonds. The number of hydrogen-bond donors (Lipinski definition) is 3. The Bertz CT molecular complexity index is 427. The zero-order chi connectivity index (χ0) is 13.0. The van der Waals surface area contributed by atoms with Gasteiger partial charge < -0.3 is 15.3 Å². The molecule has 3 N–H and O–H groups in total. The molecule has 0 heterocycles. The number of rotatable bonds is 5. The van der Waals surface area contributed by atoms with Crippen molar-refractivity contribution in [2.24, 2.45) is 0 Å². The van der Waals surface area contributed by atoms with Crippen LogP contribution in [0.5, 0.6) is 0 Å². The molecule has 5 heteroatoms. The van der Waals surface area contributed by atoms with Crippen molar-refractivity contribution < 1.29 is 24.9 Å². The van der Waals surface area contributed by atoms with Gasteiger partial charge in [-0.1, -0.05) is 24.3 Å². The maximum atomic E-state index is 11.0. The Hall–Kier alpha value is -1.72. The fourth-order valence-electron chi connectivity index (χ4n) is 1.56. The summed E-state index contributed by atoms with van der Waals surface area (Å²) in [5, 5.41) is 27.6. The zero-order valence-corrected chi connectivity index (χ0v) is 9.33. The molecule has 92 valence electrons. The SMILES string of the molecule is CC(=O)Cc1ccccc1C(O)C(O)C(=O)O. The van der Waals surface area contributed by atoms with Crippen molar-refractivity contribution >= 4 is 11.8 Å². The number of aliphatic hydroxyl groups is 2. The standard InChI is InChI=1S/C12H14O5/c1-7(13)6-8-4-2-3-5-9(8)10(14)11(15)12(16)17/h2-5,10-11,14-15H,6H2,1H3,(H,16,17). The third kappa shape index (κ3) is 3.37. The van der Waals surface area contributed by atoms with Gasteiger partial charge in [0, 0.05) is 6.42 Å². The monoisotopic (exact) mass is 238 g/mol. The maximum absolute atomic E-state index is 11.0. The Morgan fingerprint density at radius 3 is 2.35 bits per heavy atom. The number of Topliss-reactive ketones (excluding diaryl/α,β-unsaturated/α-hetero) is 1. The molecule has 0 spiro atoms. The molecule has 0 saturated heterocycles. The number of benzene rings is 1. The number of carboxylic acid groups (broad SMARTS) is 1. The Kier molecular flexibility index (Phi) is 4.37. The first-order valence-corrected chi connectivity index (χ1v) is 5.09. The molecular formula is C12H14O5. The van der Waals surface area contributed by atoms with Gasteiger partial charge in [0.25, 0.3) is 0 Å². The third-order valence-electron chi connectivity index (χ3n) is 2.37. The number of carboxylic acids is 1. The summed E-state index contributed by atoms with van der Waals surface area (Å²) in [6, 6.07) is 6.40. The van der Waals surface area contributed by atoms with Gasteiger partial charge in [-0.2, -0.15) is 0 Å². The number of aliphatic hydroxyl groups excluding tert-OH is 2. The Morgan fingerprint density at radius 1 is 1.24 bits per heavy atom. The largest absolute Gasteiger partial charge is 0.479 e. The molecular weight excluding hydrogens is 224 g/mol. The Labute approximate surface area is 98.3 Å². The number of ketones is 1. The molecule has 0 aliphatic rings. The quantitative estimate of drug-likeness (QED) is 0.685. The van der Waals surface area contributed by atoms with Crippen LogP contribution in [0.3, 0.4) is 0 Å². The lowest BCUT2D eigenvalue weighted by Crippen LogP contribution is -2.28. The Morgan fingerprint density at radius 2 is 1.82 bits per heavy atom. The highest BCUT2D eigenvalue weighted by Gasteiger charge is 2.26. The summed E-state index contributed by atoms with van der Waals surface area (Å²) < 4.78 is 0. The molecule has 0 aliphatic carbocycles. The van der Waals surface area contributed by atoms with Crippen LogP contribution in [0.1, 0.15) is 24.2 Å². The average molecular weight is 238 g/mol. The van der Waals surface area contributed by atoms with Crippen molar-refractivity contribution in [1.82, 2.24) is 0 Å². The lowest BCUT2D eigenvalue weighted by molar-refractivity contribution is -0.153. The summed E-state index contributed by atoms with van der Waals surface area (Å²) in [6.07, 6.45) is -3.34. The number of aliphatic carboxylic acids is 1. The first-order valence-electron chi connectivity index (χ1n) is 5.09. The van der Waals surface area contributed by atoms with E-state index in [1.807, 2.05) is 0 Å². The van der Waals surface area contributed by atoms with Gasteiger partial charge in [-0.25, -0.2) is 4.79 Å². The van der Waals surface area contributed by atoms with Gasteiger partial charge in [-0.15, -0.1) is 0 Å². The smallest absolute Gasteiger partial charge is 0.335 e. The molecule has 17 heavy (non-hydrogen) atoms. The van der Waals surface area contributed by atoms with Crippen LogP contribution in [0.2, 0.25) is 0 Å². The van der Waals surface area contributed by atoms with Crippen LogP contribution in [-0.2, 0) is 16.0 Å². The topological polar surface area (TPSA) is 94.8 Å². The second kappa shape index (κ2) is 5.56. The van der Waals surface area contributed by atoms with E-state index in [1.165, 1.54) is 13.0 Å². The molecule has 1 aromatic rings. The van der Waals surface area contributed by atoms with Crippen molar-refractivity contribution in [1.29, 1.82) is 0 Å². The van der Waals surface area contributed by atoms with E-state index in [2.05, 4.69) is 0 Å². The van der Waals surface area contributed by atoms with Crippen LogP contribution in [-0.4, -0.2) is 33.2 Å². The normalized spacial score (nSPS) is 14.1. The first-order chi connectivity index (χ1) is 7.93. The van der Waals surface area contributed by atoms with Crippen LogP contribution < -0.4 is 0 Å². The van der Waals surface area contributed by atoms with Crippen molar-refractivity contribution in [3.05, 3.63) is 35.4 Å². The lowest BCUT2D eigenvalue weighted by Gasteiger charge is -2.17. The van der Waals surface area contributed by atoms with Gasteiger partial charge >= 0.3 is 5.97 Å². The van der Waals surface area contributed by atoms with E-state index >= 15 is 0 Å². The molecule has 1 rings (SSSR count). The second-order valence-corrected chi connectivity index (χ2v) is 3.81. The molecule has 0 radical (unpaired) electrons. The summed E-state index contributed by atoms with van der Waals surface area (Å²) in [4.78, 5) is 21.6. The van der Waals surface area contributed by atoms with E-state index < -0.39 is 18.2 Å². The van der Waals surface area contributed by atoms with E-state index in [0.29, 0.717) is 5.56 Å². The molecule has 5 nitrogen and oxygen atoms in total. The fourth-order valence-corrected chi connectivity index (χ4v) is 1.56. The second-order valence-electron chi connectivity index (χ2n) is 3.81. The average Bonchev–Trinajstić information content (AvgIpc) is 2.27. The van der Waals surface area contributed by atoms with Crippen LogP contribution in [0.25, 0.3) is 0 Å². The fraction of sp³-hybridized carbons (Fsp3) is 0.333. The summed E-state index contributed by atoms with van der Waals surface area (Å²) >= 11 is 0. The lowest BCUT2D eigenvalue weighted by atomic mass is 9.96. The summed E-state index contributed by atoms with van der Waals surface area (Å²) in [5.74, 6) is -1.61. The molecule has 2 unspecified atom stereocenters. The molecule has 0 aliphatic heterocycles. The van der Waals surface area contributed by atoms with Crippen LogP contribution in [0, 0.1) is 0 Å². The highest BCUT2D eigenvalue weighted by Crippen LogP contribution is 2.22. The van der Waals surface area contributed by atoms with Gasteiger partial charge in [0.2, 0.25) is 0 Å². The van der Waals surface area contributed by atoms with Crippen LogP contribution in [0.4, 0.5) is 0 Å². The van der Waals surface area contributed by atoms with Crippen molar-refractivity contribution in [3.63, 3.8) is 0 Å². The minimum atomic E-state index is -1.90. The predicted molar refractivity (Wildman–Crippen MR) is 59.4 cm³/mol. The summed E-state index contributed by atoms with van der Waals surface area (Å²) in [5.41, 5.74) is 0.783. The van der Waals surface area contributed by atoms with Crippen LogP contribution >= 0.6 is 0 Å². The van der Waals surface area contributed by atoms with E-state index in [9.17, 15) is 19.8 Å². The summed E-state index contributed by atoms with van der Waals surface area (Å²) in [7, 11) is 0. The number of carbonyl (C=O) groups is 2. The maximum Gasteiger partial charge on any atom is 0.335 e. The third-order valence-corrected chi connectivity index (χ3v) is 2.37. The van der Waals surface area contributed by atoms with E-state index in [-0.39, 0.29) is 17.8 Å². The molecule has 0 saturated carbocycles. The molecule has 2 atom stereocenters. The Balaban J connectivity index is 3.04. The number of hydrogen-bond acceptors (Lipinski definition) is 4. The van der Waals surface area contributed by atoms with E-state index in [0.717, 1.165) is 0 Å².